The number of nitrogen functional groups attached to an aromatic ring is 1. The number of hydrogen-bond acceptors (Lipinski definition) is 1. The summed E-state index contributed by atoms with van der Waals surface area (Å²) < 4.78 is 0. The summed E-state index contributed by atoms with van der Waals surface area (Å²) in [5, 5.41) is 0. The van der Waals surface area contributed by atoms with Gasteiger partial charge in [0.2, 0.25) is 0 Å². The largest absolute Gasteiger partial charge is 0.399 e. The second kappa shape index (κ2) is 4.48. The minimum absolute atomic E-state index is 0.0439. The Kier molecular flexibility index (Phi) is 2.67. The molecule has 3 aromatic carbocycles. The molecule has 0 fully saturated rings. The topological polar surface area (TPSA) is 26.0 Å². The maximum absolute atomic E-state index is 5.93. The number of fused-ring (bicyclic) bond motifs is 3. The van der Waals surface area contributed by atoms with Crippen LogP contribution in [0.1, 0.15) is 25.0 Å². The van der Waals surface area contributed by atoms with Crippen molar-refractivity contribution in [3.05, 3.63) is 77.9 Å². The fraction of sp³-hybridized carbons (Fsp3) is 0.143. The van der Waals surface area contributed by atoms with Gasteiger partial charge in [-0.15, -0.1) is 0 Å². The molecule has 0 saturated heterocycles. The van der Waals surface area contributed by atoms with Crippen LogP contribution in [0, 0.1) is 0 Å². The van der Waals surface area contributed by atoms with E-state index in [0.29, 0.717) is 0 Å². The summed E-state index contributed by atoms with van der Waals surface area (Å²) >= 11 is 0. The number of benzene rings is 3. The van der Waals surface area contributed by atoms with Crippen LogP contribution in [0.25, 0.3) is 22.3 Å². The normalized spacial score (nSPS) is 14.5. The molecule has 1 aliphatic carbocycles. The predicted octanol–water partition coefficient (Wildman–Crippen LogP) is 5.24. The van der Waals surface area contributed by atoms with Gasteiger partial charge in [0.05, 0.1) is 0 Å². The van der Waals surface area contributed by atoms with Gasteiger partial charge >= 0.3 is 0 Å². The Morgan fingerprint density at radius 1 is 0.682 bits per heavy atom. The van der Waals surface area contributed by atoms with Crippen LogP contribution >= 0.6 is 0 Å². The minimum Gasteiger partial charge on any atom is -0.399 e. The summed E-state index contributed by atoms with van der Waals surface area (Å²) in [6, 6.07) is 23.6. The zero-order chi connectivity index (χ0) is 15.3. The number of hydrogen-bond donors (Lipinski definition) is 1. The Bertz CT molecular complexity index is 875. The summed E-state index contributed by atoms with van der Waals surface area (Å²) in [6.07, 6.45) is 0. The molecule has 4 rings (SSSR count). The standard InChI is InChI=1S/C21H19N/c1-21(2)19-9-4-3-8-17(19)18-11-10-15(13-20(18)21)14-6-5-7-16(22)12-14/h3-13H,22H2,1-2H3. The van der Waals surface area contributed by atoms with Gasteiger partial charge in [-0.1, -0.05) is 62.4 Å². The quantitative estimate of drug-likeness (QED) is 0.608. The molecule has 0 unspecified atom stereocenters. The van der Waals surface area contributed by atoms with Gasteiger partial charge in [0.15, 0.2) is 0 Å². The van der Waals surface area contributed by atoms with Gasteiger partial charge < -0.3 is 5.73 Å². The summed E-state index contributed by atoms with van der Waals surface area (Å²) in [7, 11) is 0. The van der Waals surface area contributed by atoms with Crippen molar-refractivity contribution in [3.8, 4) is 22.3 Å². The Hall–Kier alpha value is -2.54. The number of anilines is 1. The molecule has 2 N–H and O–H groups in total. The lowest BCUT2D eigenvalue weighted by Crippen LogP contribution is -2.14. The average molecular weight is 285 g/mol. The Labute approximate surface area is 131 Å². The second-order valence-corrected chi connectivity index (χ2v) is 6.56. The third kappa shape index (κ3) is 1.79. The van der Waals surface area contributed by atoms with E-state index in [4.69, 9.17) is 5.73 Å². The molecule has 0 aromatic heterocycles. The smallest absolute Gasteiger partial charge is 0.0320 e. The summed E-state index contributed by atoms with van der Waals surface area (Å²) in [4.78, 5) is 0. The van der Waals surface area contributed by atoms with E-state index in [-0.39, 0.29) is 5.41 Å². The molecule has 0 atom stereocenters. The fourth-order valence-electron chi connectivity index (χ4n) is 3.60. The van der Waals surface area contributed by atoms with Gasteiger partial charge in [0.25, 0.3) is 0 Å². The zero-order valence-electron chi connectivity index (χ0n) is 12.9. The molecule has 1 heteroatoms. The van der Waals surface area contributed by atoms with Crippen molar-refractivity contribution < 1.29 is 0 Å². The average Bonchev–Trinajstić information content (AvgIpc) is 2.76. The zero-order valence-corrected chi connectivity index (χ0v) is 12.9. The van der Waals surface area contributed by atoms with Crippen molar-refractivity contribution in [1.82, 2.24) is 0 Å². The molecular weight excluding hydrogens is 266 g/mol. The van der Waals surface area contributed by atoms with Crippen LogP contribution < -0.4 is 5.73 Å². The van der Waals surface area contributed by atoms with Crippen LogP contribution in [0.3, 0.4) is 0 Å². The van der Waals surface area contributed by atoms with Gasteiger partial charge in [0.1, 0.15) is 0 Å². The monoisotopic (exact) mass is 285 g/mol. The molecule has 0 bridgehead atoms. The number of rotatable bonds is 1. The van der Waals surface area contributed by atoms with E-state index in [1.165, 1.54) is 33.4 Å². The third-order valence-electron chi connectivity index (χ3n) is 4.80. The van der Waals surface area contributed by atoms with Crippen LogP contribution in [0.5, 0.6) is 0 Å². The lowest BCUT2D eigenvalue weighted by molar-refractivity contribution is 0.660. The van der Waals surface area contributed by atoms with Crippen molar-refractivity contribution in [2.75, 3.05) is 5.73 Å². The van der Waals surface area contributed by atoms with Crippen LogP contribution in [-0.4, -0.2) is 0 Å². The summed E-state index contributed by atoms with van der Waals surface area (Å²) in [5.41, 5.74) is 14.7. The van der Waals surface area contributed by atoms with Crippen molar-refractivity contribution >= 4 is 5.69 Å². The SMILES string of the molecule is CC1(C)c2ccccc2-c2ccc(-c3cccc(N)c3)cc21. The number of nitrogens with two attached hydrogens (primary N) is 1. The first-order chi connectivity index (χ1) is 10.6. The molecule has 0 saturated carbocycles. The molecule has 22 heavy (non-hydrogen) atoms. The third-order valence-corrected chi connectivity index (χ3v) is 4.80. The highest BCUT2D eigenvalue weighted by Gasteiger charge is 2.35. The van der Waals surface area contributed by atoms with Gasteiger partial charge in [-0.3, -0.25) is 0 Å². The molecule has 0 amide bonds. The van der Waals surface area contributed by atoms with E-state index in [9.17, 15) is 0 Å². The van der Waals surface area contributed by atoms with E-state index in [0.717, 1.165) is 5.69 Å². The second-order valence-electron chi connectivity index (χ2n) is 6.56. The van der Waals surface area contributed by atoms with Gasteiger partial charge in [-0.05, 0) is 51.6 Å². The van der Waals surface area contributed by atoms with E-state index < -0.39 is 0 Å². The van der Waals surface area contributed by atoms with Crippen LogP contribution in [0.4, 0.5) is 5.69 Å². The highest BCUT2D eigenvalue weighted by molar-refractivity contribution is 5.83. The van der Waals surface area contributed by atoms with E-state index in [1.54, 1.807) is 0 Å². The lowest BCUT2D eigenvalue weighted by Gasteiger charge is -2.22. The Balaban J connectivity index is 1.92. The molecule has 1 nitrogen and oxygen atoms in total. The van der Waals surface area contributed by atoms with E-state index in [2.05, 4.69) is 62.4 Å². The molecule has 0 aliphatic heterocycles. The Morgan fingerprint density at radius 2 is 1.41 bits per heavy atom. The molecule has 0 heterocycles. The van der Waals surface area contributed by atoms with Crippen LogP contribution in [0.2, 0.25) is 0 Å². The summed E-state index contributed by atoms with van der Waals surface area (Å²) in [6.45, 7) is 4.61. The van der Waals surface area contributed by atoms with Crippen LogP contribution in [0.15, 0.2) is 66.7 Å². The predicted molar refractivity (Wildman–Crippen MR) is 93.9 cm³/mol. The van der Waals surface area contributed by atoms with Crippen molar-refractivity contribution in [3.63, 3.8) is 0 Å². The molecule has 0 radical (unpaired) electrons. The molecule has 1 aliphatic rings. The highest BCUT2D eigenvalue weighted by Crippen LogP contribution is 2.49. The fourth-order valence-corrected chi connectivity index (χ4v) is 3.60. The van der Waals surface area contributed by atoms with E-state index in [1.807, 2.05) is 18.2 Å². The summed E-state index contributed by atoms with van der Waals surface area (Å²) in [5.74, 6) is 0. The highest BCUT2D eigenvalue weighted by atomic mass is 14.5. The van der Waals surface area contributed by atoms with Crippen molar-refractivity contribution in [2.45, 2.75) is 19.3 Å². The first-order valence-electron chi connectivity index (χ1n) is 7.68. The van der Waals surface area contributed by atoms with Gasteiger partial charge in [-0.2, -0.15) is 0 Å². The molecule has 0 spiro atoms. The molecular formula is C21H19N. The van der Waals surface area contributed by atoms with Crippen molar-refractivity contribution in [2.24, 2.45) is 0 Å². The van der Waals surface area contributed by atoms with Crippen molar-refractivity contribution in [1.29, 1.82) is 0 Å². The van der Waals surface area contributed by atoms with Gasteiger partial charge in [-0.25, -0.2) is 0 Å². The maximum Gasteiger partial charge on any atom is 0.0320 e. The first-order valence-corrected chi connectivity index (χ1v) is 7.68. The van der Waals surface area contributed by atoms with E-state index >= 15 is 0 Å². The lowest BCUT2D eigenvalue weighted by atomic mass is 9.81. The molecule has 108 valence electrons. The minimum atomic E-state index is 0.0439. The molecule has 3 aromatic rings. The first kappa shape index (κ1) is 13.1. The Morgan fingerprint density at radius 3 is 2.23 bits per heavy atom. The van der Waals surface area contributed by atoms with Gasteiger partial charge in [0, 0.05) is 11.1 Å². The maximum atomic E-state index is 5.93. The van der Waals surface area contributed by atoms with Crippen LogP contribution in [-0.2, 0) is 5.41 Å².